The summed E-state index contributed by atoms with van der Waals surface area (Å²) < 4.78 is 33.2. The molecule has 0 unspecified atom stereocenters. The summed E-state index contributed by atoms with van der Waals surface area (Å²) in [5.74, 6) is 0.844. The van der Waals surface area contributed by atoms with Gasteiger partial charge in [-0.3, -0.25) is 0 Å². The molecule has 0 amide bonds. The van der Waals surface area contributed by atoms with E-state index in [9.17, 15) is 8.42 Å². The number of rotatable bonds is 3. The van der Waals surface area contributed by atoms with Crippen molar-refractivity contribution in [2.45, 2.75) is 36.0 Å². The second-order valence-corrected chi connectivity index (χ2v) is 8.69. The van der Waals surface area contributed by atoms with E-state index in [1.807, 2.05) is 36.9 Å². The maximum Gasteiger partial charge on any atom is 0.243 e. The molecule has 0 radical (unpaired) electrons. The van der Waals surface area contributed by atoms with E-state index >= 15 is 0 Å². The van der Waals surface area contributed by atoms with Crippen molar-refractivity contribution >= 4 is 21.8 Å². The standard InChI is InChI=1S/C15H21NO3S2/c1-2-12-4-3-5-13(10-12)21(17,18)16-7-9-20-15-11-19-8-6-14(15)16/h3-5,10,14-15H,2,6-9,11H2,1H3/t14-,15+/m0/s1. The molecule has 2 aliphatic heterocycles. The molecule has 2 aliphatic rings. The molecule has 0 aliphatic carbocycles. The molecule has 6 heteroatoms. The van der Waals surface area contributed by atoms with Gasteiger partial charge in [0.05, 0.1) is 11.5 Å². The molecule has 1 aromatic carbocycles. The second-order valence-electron chi connectivity index (χ2n) is 5.46. The molecule has 116 valence electrons. The molecule has 2 fully saturated rings. The van der Waals surface area contributed by atoms with Gasteiger partial charge in [0.15, 0.2) is 0 Å². The van der Waals surface area contributed by atoms with Crippen molar-refractivity contribution in [1.82, 2.24) is 4.31 Å². The van der Waals surface area contributed by atoms with Gasteiger partial charge in [0.2, 0.25) is 10.0 Å². The van der Waals surface area contributed by atoms with Crippen LogP contribution in [0.5, 0.6) is 0 Å². The first kappa shape index (κ1) is 15.3. The Hall–Kier alpha value is -0.560. The lowest BCUT2D eigenvalue weighted by Gasteiger charge is -2.42. The van der Waals surface area contributed by atoms with Gasteiger partial charge in [0.25, 0.3) is 0 Å². The Kier molecular flexibility index (Phi) is 4.59. The number of hydrogen-bond acceptors (Lipinski definition) is 4. The minimum absolute atomic E-state index is 0.0767. The van der Waals surface area contributed by atoms with E-state index in [4.69, 9.17) is 4.74 Å². The van der Waals surface area contributed by atoms with Gasteiger partial charge in [0, 0.05) is 30.2 Å². The van der Waals surface area contributed by atoms with Gasteiger partial charge in [-0.05, 0) is 30.5 Å². The highest BCUT2D eigenvalue weighted by Gasteiger charge is 2.40. The SMILES string of the molecule is CCc1cccc(S(=O)(=O)N2CCS[C@@H]3COCC[C@@H]32)c1. The highest BCUT2D eigenvalue weighted by atomic mass is 32.2. The molecule has 0 N–H and O–H groups in total. The maximum atomic E-state index is 13.0. The van der Waals surface area contributed by atoms with Crippen LogP contribution in [-0.2, 0) is 21.2 Å². The zero-order chi connectivity index (χ0) is 14.9. The zero-order valence-corrected chi connectivity index (χ0v) is 13.8. The molecule has 1 aromatic rings. The Morgan fingerprint density at radius 2 is 2.29 bits per heavy atom. The Bertz CT molecular complexity index is 601. The minimum Gasteiger partial charge on any atom is -0.380 e. The van der Waals surface area contributed by atoms with E-state index in [0.717, 1.165) is 24.2 Å². The van der Waals surface area contributed by atoms with Crippen LogP contribution in [-0.4, -0.2) is 49.5 Å². The van der Waals surface area contributed by atoms with Gasteiger partial charge in [0.1, 0.15) is 0 Å². The van der Waals surface area contributed by atoms with Crippen LogP contribution in [0.2, 0.25) is 0 Å². The predicted octanol–water partition coefficient (Wildman–Crippen LogP) is 2.14. The minimum atomic E-state index is -3.40. The largest absolute Gasteiger partial charge is 0.380 e. The monoisotopic (exact) mass is 327 g/mol. The molecule has 2 heterocycles. The predicted molar refractivity (Wildman–Crippen MR) is 85.2 cm³/mol. The van der Waals surface area contributed by atoms with Crippen molar-refractivity contribution in [2.24, 2.45) is 0 Å². The first-order valence-corrected chi connectivity index (χ1v) is 9.92. The van der Waals surface area contributed by atoms with Crippen molar-refractivity contribution in [1.29, 1.82) is 0 Å². The molecule has 2 saturated heterocycles. The highest BCUT2D eigenvalue weighted by molar-refractivity contribution is 8.00. The average Bonchev–Trinajstić information content (AvgIpc) is 2.54. The van der Waals surface area contributed by atoms with Gasteiger partial charge in [-0.25, -0.2) is 8.42 Å². The fraction of sp³-hybridized carbons (Fsp3) is 0.600. The zero-order valence-electron chi connectivity index (χ0n) is 12.2. The molecule has 21 heavy (non-hydrogen) atoms. The number of fused-ring (bicyclic) bond motifs is 1. The Morgan fingerprint density at radius 1 is 1.43 bits per heavy atom. The summed E-state index contributed by atoms with van der Waals surface area (Å²) in [5.41, 5.74) is 1.06. The lowest BCUT2D eigenvalue weighted by molar-refractivity contribution is 0.0625. The molecule has 0 bridgehead atoms. The lowest BCUT2D eigenvalue weighted by Crippen LogP contribution is -2.54. The van der Waals surface area contributed by atoms with Crippen LogP contribution in [0.4, 0.5) is 0 Å². The maximum absolute atomic E-state index is 13.0. The van der Waals surface area contributed by atoms with Crippen LogP contribution >= 0.6 is 11.8 Å². The number of thioether (sulfide) groups is 1. The third-order valence-electron chi connectivity index (χ3n) is 4.20. The van der Waals surface area contributed by atoms with E-state index in [2.05, 4.69) is 0 Å². The number of ether oxygens (including phenoxy) is 1. The average molecular weight is 327 g/mol. The fourth-order valence-corrected chi connectivity index (χ4v) is 6.27. The first-order chi connectivity index (χ1) is 10.1. The molecule has 2 atom stereocenters. The van der Waals surface area contributed by atoms with Crippen molar-refractivity contribution in [3.05, 3.63) is 29.8 Å². The van der Waals surface area contributed by atoms with Gasteiger partial charge in [-0.1, -0.05) is 19.1 Å². The van der Waals surface area contributed by atoms with E-state index < -0.39 is 10.0 Å². The van der Waals surface area contributed by atoms with Crippen LogP contribution in [0.25, 0.3) is 0 Å². The topological polar surface area (TPSA) is 46.6 Å². The summed E-state index contributed by atoms with van der Waals surface area (Å²) in [5, 5.41) is 0.275. The molecule has 4 nitrogen and oxygen atoms in total. The summed E-state index contributed by atoms with van der Waals surface area (Å²) in [4.78, 5) is 0.430. The van der Waals surface area contributed by atoms with Crippen molar-refractivity contribution in [3.8, 4) is 0 Å². The van der Waals surface area contributed by atoms with Crippen molar-refractivity contribution in [2.75, 3.05) is 25.5 Å². The molecule has 0 aromatic heterocycles. The fourth-order valence-electron chi connectivity index (χ4n) is 3.01. The summed E-state index contributed by atoms with van der Waals surface area (Å²) >= 11 is 1.84. The second kappa shape index (κ2) is 6.28. The van der Waals surface area contributed by atoms with Gasteiger partial charge < -0.3 is 4.74 Å². The van der Waals surface area contributed by atoms with E-state index in [0.29, 0.717) is 24.7 Å². The highest BCUT2D eigenvalue weighted by Crippen LogP contribution is 2.34. The Balaban J connectivity index is 1.92. The summed E-state index contributed by atoms with van der Waals surface area (Å²) in [6.07, 6.45) is 1.64. The number of benzene rings is 1. The van der Waals surface area contributed by atoms with Gasteiger partial charge in [-0.15, -0.1) is 0 Å². The number of sulfonamides is 1. The molecule has 0 spiro atoms. The van der Waals surface area contributed by atoms with Gasteiger partial charge >= 0.3 is 0 Å². The number of nitrogens with zero attached hydrogens (tertiary/aromatic N) is 1. The molecule has 3 rings (SSSR count). The molecular formula is C15H21NO3S2. The summed E-state index contributed by atoms with van der Waals surface area (Å²) in [7, 11) is -3.40. The smallest absolute Gasteiger partial charge is 0.243 e. The van der Waals surface area contributed by atoms with E-state index in [-0.39, 0.29) is 11.3 Å². The van der Waals surface area contributed by atoms with Crippen molar-refractivity contribution < 1.29 is 13.2 Å². The van der Waals surface area contributed by atoms with Crippen LogP contribution in [0.3, 0.4) is 0 Å². The first-order valence-electron chi connectivity index (χ1n) is 7.43. The summed E-state index contributed by atoms with van der Waals surface area (Å²) in [6.45, 7) is 3.96. The van der Waals surface area contributed by atoms with Crippen LogP contribution in [0, 0.1) is 0 Å². The number of aryl methyl sites for hydroxylation is 1. The lowest BCUT2D eigenvalue weighted by atomic mass is 10.1. The van der Waals surface area contributed by atoms with E-state index in [1.165, 1.54) is 0 Å². The molecular weight excluding hydrogens is 306 g/mol. The van der Waals surface area contributed by atoms with Crippen LogP contribution in [0.15, 0.2) is 29.2 Å². The third-order valence-corrected chi connectivity index (χ3v) is 7.41. The van der Waals surface area contributed by atoms with Crippen LogP contribution in [0.1, 0.15) is 18.9 Å². The quantitative estimate of drug-likeness (QED) is 0.853. The van der Waals surface area contributed by atoms with Crippen LogP contribution < -0.4 is 0 Å². The normalized spacial score (nSPS) is 27.3. The Morgan fingerprint density at radius 3 is 3.10 bits per heavy atom. The number of hydrogen-bond donors (Lipinski definition) is 0. The van der Waals surface area contributed by atoms with E-state index in [1.54, 1.807) is 10.4 Å². The molecule has 0 saturated carbocycles. The third kappa shape index (κ3) is 2.99. The van der Waals surface area contributed by atoms with Crippen molar-refractivity contribution in [3.63, 3.8) is 0 Å². The summed E-state index contributed by atoms with van der Waals surface area (Å²) in [6, 6.07) is 7.41. The van der Waals surface area contributed by atoms with Gasteiger partial charge in [-0.2, -0.15) is 16.1 Å². The Labute approximate surface area is 130 Å².